The van der Waals surface area contributed by atoms with Gasteiger partial charge >= 0.3 is 0 Å². The molecule has 0 saturated carbocycles. The first-order valence-electron chi connectivity index (χ1n) is 8.35. The molecule has 1 aliphatic rings. The Bertz CT molecular complexity index is 977. The Balaban J connectivity index is 1.84. The Morgan fingerprint density at radius 3 is 2.44 bits per heavy atom. The normalized spacial score (nSPS) is 15.5. The van der Waals surface area contributed by atoms with Crippen molar-refractivity contribution in [3.05, 3.63) is 57.8 Å². The zero-order valence-corrected chi connectivity index (χ0v) is 16.5. The summed E-state index contributed by atoms with van der Waals surface area (Å²) in [5, 5.41) is 2.35. The predicted octanol–water partition coefficient (Wildman–Crippen LogP) is 4.56. The Hall–Kier alpha value is -1.67. The SMILES string of the molecule is O=C(Nc1cccc(S(=O)(=O)N2CCCCC2)c1)c1cc(F)c(Cl)cc1Cl. The van der Waals surface area contributed by atoms with E-state index in [0.717, 1.165) is 31.4 Å². The van der Waals surface area contributed by atoms with Crippen molar-refractivity contribution in [2.24, 2.45) is 0 Å². The number of halogens is 3. The van der Waals surface area contributed by atoms with Crippen molar-refractivity contribution < 1.29 is 17.6 Å². The van der Waals surface area contributed by atoms with Gasteiger partial charge in [0.15, 0.2) is 0 Å². The molecule has 1 fully saturated rings. The van der Waals surface area contributed by atoms with Crippen molar-refractivity contribution in [3.63, 3.8) is 0 Å². The molecule has 1 amide bonds. The zero-order chi connectivity index (χ0) is 19.6. The highest BCUT2D eigenvalue weighted by Crippen LogP contribution is 2.26. The fourth-order valence-electron chi connectivity index (χ4n) is 2.88. The van der Waals surface area contributed by atoms with Crippen LogP contribution < -0.4 is 5.32 Å². The predicted molar refractivity (Wildman–Crippen MR) is 103 cm³/mol. The Labute approximate surface area is 167 Å². The van der Waals surface area contributed by atoms with Crippen LogP contribution >= 0.6 is 23.2 Å². The molecule has 1 heterocycles. The molecular weight excluding hydrogens is 414 g/mol. The molecular formula is C18H17Cl2FN2O3S. The van der Waals surface area contributed by atoms with Crippen LogP contribution in [0.3, 0.4) is 0 Å². The van der Waals surface area contributed by atoms with Gasteiger partial charge in [0.05, 0.1) is 20.5 Å². The van der Waals surface area contributed by atoms with Gasteiger partial charge in [0.1, 0.15) is 5.82 Å². The van der Waals surface area contributed by atoms with Gasteiger partial charge in [-0.25, -0.2) is 12.8 Å². The zero-order valence-electron chi connectivity index (χ0n) is 14.2. The highest BCUT2D eigenvalue weighted by Gasteiger charge is 2.26. The van der Waals surface area contributed by atoms with Gasteiger partial charge in [-0.15, -0.1) is 0 Å². The van der Waals surface area contributed by atoms with Gasteiger partial charge in [-0.2, -0.15) is 4.31 Å². The molecule has 144 valence electrons. The van der Waals surface area contributed by atoms with E-state index in [9.17, 15) is 17.6 Å². The summed E-state index contributed by atoms with van der Waals surface area (Å²) in [4.78, 5) is 12.5. The van der Waals surface area contributed by atoms with Crippen molar-refractivity contribution in [1.29, 1.82) is 0 Å². The monoisotopic (exact) mass is 430 g/mol. The molecule has 1 aliphatic heterocycles. The van der Waals surface area contributed by atoms with E-state index in [1.165, 1.54) is 22.5 Å². The van der Waals surface area contributed by atoms with E-state index in [0.29, 0.717) is 13.1 Å². The van der Waals surface area contributed by atoms with Crippen LogP contribution in [-0.2, 0) is 10.0 Å². The number of amides is 1. The maximum absolute atomic E-state index is 13.6. The number of nitrogens with zero attached hydrogens (tertiary/aromatic N) is 1. The quantitative estimate of drug-likeness (QED) is 0.722. The van der Waals surface area contributed by atoms with E-state index >= 15 is 0 Å². The molecule has 9 heteroatoms. The lowest BCUT2D eigenvalue weighted by Gasteiger charge is -2.26. The molecule has 1 N–H and O–H groups in total. The Morgan fingerprint density at radius 1 is 1.04 bits per heavy atom. The van der Waals surface area contributed by atoms with Gasteiger partial charge in [-0.05, 0) is 43.2 Å². The van der Waals surface area contributed by atoms with Crippen LogP contribution in [0.15, 0.2) is 41.3 Å². The molecule has 2 aromatic rings. The van der Waals surface area contributed by atoms with E-state index < -0.39 is 21.7 Å². The van der Waals surface area contributed by atoms with Crippen molar-refractivity contribution >= 4 is 44.8 Å². The topological polar surface area (TPSA) is 66.5 Å². The smallest absolute Gasteiger partial charge is 0.257 e. The van der Waals surface area contributed by atoms with E-state index in [1.54, 1.807) is 6.07 Å². The summed E-state index contributed by atoms with van der Waals surface area (Å²) in [6.07, 6.45) is 2.67. The van der Waals surface area contributed by atoms with Gasteiger partial charge in [0.25, 0.3) is 5.91 Å². The molecule has 3 rings (SSSR count). The first-order chi connectivity index (χ1) is 12.8. The molecule has 27 heavy (non-hydrogen) atoms. The molecule has 0 radical (unpaired) electrons. The minimum absolute atomic E-state index is 0.00371. The van der Waals surface area contributed by atoms with E-state index in [4.69, 9.17) is 23.2 Å². The maximum Gasteiger partial charge on any atom is 0.257 e. The minimum Gasteiger partial charge on any atom is -0.322 e. The summed E-state index contributed by atoms with van der Waals surface area (Å²) in [6.45, 7) is 0.969. The Kier molecular flexibility index (Phi) is 6.05. The number of carbonyl (C=O) groups is 1. The second-order valence-electron chi connectivity index (χ2n) is 6.19. The first kappa shape index (κ1) is 20.1. The number of piperidine rings is 1. The summed E-state index contributed by atoms with van der Waals surface area (Å²) in [5.41, 5.74) is 0.173. The van der Waals surface area contributed by atoms with E-state index in [2.05, 4.69) is 5.32 Å². The van der Waals surface area contributed by atoms with Crippen LogP contribution in [0.4, 0.5) is 10.1 Å². The fourth-order valence-corrected chi connectivity index (χ4v) is 4.92. The van der Waals surface area contributed by atoms with Crippen molar-refractivity contribution in [3.8, 4) is 0 Å². The lowest BCUT2D eigenvalue weighted by molar-refractivity contribution is 0.102. The van der Waals surface area contributed by atoms with Crippen molar-refractivity contribution in [1.82, 2.24) is 4.31 Å². The van der Waals surface area contributed by atoms with E-state index in [1.807, 2.05) is 0 Å². The molecule has 5 nitrogen and oxygen atoms in total. The van der Waals surface area contributed by atoms with Crippen LogP contribution in [0.2, 0.25) is 10.0 Å². The highest BCUT2D eigenvalue weighted by atomic mass is 35.5. The Morgan fingerprint density at radius 2 is 1.74 bits per heavy atom. The third kappa shape index (κ3) is 4.43. The second-order valence-corrected chi connectivity index (χ2v) is 8.95. The number of benzene rings is 2. The average molecular weight is 431 g/mol. The lowest BCUT2D eigenvalue weighted by atomic mass is 10.2. The van der Waals surface area contributed by atoms with Gasteiger partial charge < -0.3 is 5.32 Å². The summed E-state index contributed by atoms with van der Waals surface area (Å²) in [7, 11) is -3.63. The summed E-state index contributed by atoms with van der Waals surface area (Å²) >= 11 is 11.6. The lowest BCUT2D eigenvalue weighted by Crippen LogP contribution is -2.35. The van der Waals surface area contributed by atoms with E-state index in [-0.39, 0.29) is 26.2 Å². The maximum atomic E-state index is 13.6. The van der Waals surface area contributed by atoms with Crippen LogP contribution in [0, 0.1) is 5.82 Å². The second kappa shape index (κ2) is 8.14. The number of hydrogen-bond acceptors (Lipinski definition) is 3. The number of nitrogens with one attached hydrogen (secondary N) is 1. The molecule has 1 saturated heterocycles. The summed E-state index contributed by atoms with van der Waals surface area (Å²) in [6, 6.07) is 8.03. The third-order valence-electron chi connectivity index (χ3n) is 4.30. The molecule has 2 aromatic carbocycles. The minimum atomic E-state index is -3.63. The third-order valence-corrected chi connectivity index (χ3v) is 6.80. The summed E-state index contributed by atoms with van der Waals surface area (Å²) in [5.74, 6) is -1.43. The standard InChI is InChI=1S/C18H17Cl2FN2O3S/c19-15-11-16(20)17(21)10-14(15)18(24)22-12-5-4-6-13(9-12)27(25,26)23-7-2-1-3-8-23/h4-6,9-11H,1-3,7-8H2,(H,22,24). The largest absolute Gasteiger partial charge is 0.322 e. The molecule has 0 aromatic heterocycles. The van der Waals surface area contributed by atoms with Crippen LogP contribution in [0.1, 0.15) is 29.6 Å². The molecule has 0 aliphatic carbocycles. The van der Waals surface area contributed by atoms with Crippen molar-refractivity contribution in [2.45, 2.75) is 24.2 Å². The van der Waals surface area contributed by atoms with Crippen LogP contribution in [0.5, 0.6) is 0 Å². The van der Waals surface area contributed by atoms with Gasteiger partial charge in [0.2, 0.25) is 10.0 Å². The molecule has 0 atom stereocenters. The number of anilines is 1. The van der Waals surface area contributed by atoms with Crippen LogP contribution in [0.25, 0.3) is 0 Å². The molecule has 0 spiro atoms. The number of rotatable bonds is 4. The number of hydrogen-bond donors (Lipinski definition) is 1. The number of sulfonamides is 1. The van der Waals surface area contributed by atoms with Crippen molar-refractivity contribution in [2.75, 3.05) is 18.4 Å². The van der Waals surface area contributed by atoms with Crippen LogP contribution in [-0.4, -0.2) is 31.7 Å². The highest BCUT2D eigenvalue weighted by molar-refractivity contribution is 7.89. The number of carbonyl (C=O) groups excluding carboxylic acids is 1. The first-order valence-corrected chi connectivity index (χ1v) is 10.5. The molecule has 0 unspecified atom stereocenters. The van der Waals surface area contributed by atoms with Gasteiger partial charge in [0, 0.05) is 18.8 Å². The van der Waals surface area contributed by atoms with Gasteiger partial charge in [-0.1, -0.05) is 35.7 Å². The molecule has 0 bridgehead atoms. The van der Waals surface area contributed by atoms with Gasteiger partial charge in [-0.3, -0.25) is 4.79 Å². The summed E-state index contributed by atoms with van der Waals surface area (Å²) < 4.78 is 40.6. The average Bonchev–Trinajstić information content (AvgIpc) is 2.65. The fraction of sp³-hybridized carbons (Fsp3) is 0.278.